The zero-order valence-electron chi connectivity index (χ0n) is 12.2. The number of carbonyl (C=O) groups is 1. The molecule has 1 aromatic heterocycles. The van der Waals surface area contributed by atoms with Crippen LogP contribution in [0.4, 0.5) is 11.4 Å². The van der Waals surface area contributed by atoms with E-state index in [9.17, 15) is 13.2 Å². The topological polar surface area (TPSA) is 114 Å². The van der Waals surface area contributed by atoms with Crippen LogP contribution in [0.3, 0.4) is 0 Å². The highest BCUT2D eigenvalue weighted by Gasteiger charge is 2.10. The smallest absolute Gasteiger partial charge is 0.296 e. The first-order valence-corrected chi connectivity index (χ1v) is 8.46. The van der Waals surface area contributed by atoms with E-state index < -0.39 is 10.2 Å². The lowest BCUT2D eigenvalue weighted by Gasteiger charge is -2.09. The van der Waals surface area contributed by atoms with Crippen LogP contribution in [0.25, 0.3) is 0 Å². The van der Waals surface area contributed by atoms with E-state index in [2.05, 4.69) is 15.0 Å². The van der Waals surface area contributed by atoms with Crippen molar-refractivity contribution in [3.8, 4) is 0 Å². The second-order valence-electron chi connectivity index (χ2n) is 4.91. The van der Waals surface area contributed by atoms with Crippen molar-refractivity contribution in [1.29, 1.82) is 0 Å². The number of aromatic nitrogens is 1. The van der Waals surface area contributed by atoms with Gasteiger partial charge in [0.2, 0.25) is 5.91 Å². The van der Waals surface area contributed by atoms with Gasteiger partial charge >= 0.3 is 0 Å². The number of hydrogen-bond acceptors (Lipinski definition) is 4. The van der Waals surface area contributed by atoms with Crippen LogP contribution in [-0.2, 0) is 21.4 Å². The van der Waals surface area contributed by atoms with Gasteiger partial charge in [0.25, 0.3) is 10.2 Å². The fraction of sp³-hybridized carbons (Fsp3) is 0.143. The molecule has 122 valence electrons. The molecule has 1 amide bonds. The van der Waals surface area contributed by atoms with Crippen molar-refractivity contribution < 1.29 is 13.2 Å². The lowest BCUT2D eigenvalue weighted by Crippen LogP contribution is -2.22. The van der Waals surface area contributed by atoms with E-state index >= 15 is 0 Å². The molecule has 0 radical (unpaired) electrons. The molecule has 0 fully saturated rings. The lowest BCUT2D eigenvalue weighted by atomic mass is 10.1. The highest BCUT2D eigenvalue weighted by atomic mass is 35.5. The molecule has 0 aliphatic carbocycles. The van der Waals surface area contributed by atoms with Crippen molar-refractivity contribution in [1.82, 2.24) is 4.98 Å². The number of aryl methyl sites for hydroxylation is 1. The number of anilines is 2. The molecule has 0 aliphatic heterocycles. The Morgan fingerprint density at radius 3 is 2.74 bits per heavy atom. The van der Waals surface area contributed by atoms with Gasteiger partial charge in [-0.25, -0.2) is 5.14 Å². The average Bonchev–Trinajstić information content (AvgIpc) is 2.38. The minimum Gasteiger partial charge on any atom is -0.324 e. The van der Waals surface area contributed by atoms with Gasteiger partial charge in [-0.2, -0.15) is 8.42 Å². The summed E-state index contributed by atoms with van der Waals surface area (Å²) in [7, 11) is -3.91. The molecule has 9 heteroatoms. The molecule has 1 aromatic carbocycles. The number of nitrogens with one attached hydrogen (secondary N) is 2. The standard InChI is InChI=1S/C14H15ClN4O3S/c1-9-2-3-17-8-13(9)18-14(20)6-10-4-11(15)7-12(5-10)19-23(16,21)22/h2-5,7-8,19H,6H2,1H3,(H,18,20)(H2,16,21,22). The van der Waals surface area contributed by atoms with Gasteiger partial charge in [-0.15, -0.1) is 0 Å². The molecule has 2 aromatic rings. The number of halogens is 1. The van der Waals surface area contributed by atoms with Gasteiger partial charge in [0, 0.05) is 11.2 Å². The van der Waals surface area contributed by atoms with Crippen LogP contribution in [0.5, 0.6) is 0 Å². The summed E-state index contributed by atoms with van der Waals surface area (Å²) in [6.45, 7) is 1.85. The third-order valence-corrected chi connectivity index (χ3v) is 3.63. The molecular weight excluding hydrogens is 340 g/mol. The van der Waals surface area contributed by atoms with E-state index in [0.717, 1.165) is 5.56 Å². The molecule has 0 saturated carbocycles. The number of rotatable bonds is 5. The summed E-state index contributed by atoms with van der Waals surface area (Å²) < 4.78 is 24.2. The zero-order chi connectivity index (χ0) is 17.0. The Morgan fingerprint density at radius 2 is 2.09 bits per heavy atom. The molecule has 0 unspecified atom stereocenters. The van der Waals surface area contributed by atoms with Gasteiger partial charge in [-0.1, -0.05) is 11.6 Å². The Labute approximate surface area is 139 Å². The molecule has 0 bridgehead atoms. The largest absolute Gasteiger partial charge is 0.324 e. The Kier molecular flexibility index (Phi) is 5.19. The molecule has 4 N–H and O–H groups in total. The van der Waals surface area contributed by atoms with Crippen molar-refractivity contribution >= 4 is 39.1 Å². The van der Waals surface area contributed by atoms with Gasteiger partial charge in [0.1, 0.15) is 0 Å². The first kappa shape index (κ1) is 17.2. The van der Waals surface area contributed by atoms with E-state index in [0.29, 0.717) is 16.3 Å². The molecule has 0 aliphatic rings. The van der Waals surface area contributed by atoms with Crippen LogP contribution in [0.1, 0.15) is 11.1 Å². The number of amides is 1. The normalized spacial score (nSPS) is 11.1. The summed E-state index contributed by atoms with van der Waals surface area (Å²) >= 11 is 5.93. The van der Waals surface area contributed by atoms with Crippen LogP contribution in [-0.4, -0.2) is 19.3 Å². The van der Waals surface area contributed by atoms with Crippen LogP contribution in [0, 0.1) is 6.92 Å². The quantitative estimate of drug-likeness (QED) is 0.759. The summed E-state index contributed by atoms with van der Waals surface area (Å²) in [5.41, 5.74) is 2.24. The Balaban J connectivity index is 2.13. The molecule has 0 atom stereocenters. The molecule has 23 heavy (non-hydrogen) atoms. The lowest BCUT2D eigenvalue weighted by molar-refractivity contribution is -0.115. The maximum absolute atomic E-state index is 12.1. The minimum atomic E-state index is -3.91. The SMILES string of the molecule is Cc1ccncc1NC(=O)Cc1cc(Cl)cc(NS(N)(=O)=O)c1. The fourth-order valence-corrected chi connectivity index (χ4v) is 2.65. The number of hydrogen-bond donors (Lipinski definition) is 3. The molecule has 0 spiro atoms. The summed E-state index contributed by atoms with van der Waals surface area (Å²) in [6.07, 6.45) is 3.21. The molecule has 2 rings (SSSR count). The van der Waals surface area contributed by atoms with Crippen LogP contribution < -0.4 is 15.2 Å². The first-order valence-electron chi connectivity index (χ1n) is 6.53. The van der Waals surface area contributed by atoms with Crippen molar-refractivity contribution in [3.05, 3.63) is 52.8 Å². The van der Waals surface area contributed by atoms with Crippen LogP contribution in [0.15, 0.2) is 36.7 Å². The highest BCUT2D eigenvalue weighted by Crippen LogP contribution is 2.20. The van der Waals surface area contributed by atoms with E-state index in [4.69, 9.17) is 16.7 Å². The maximum Gasteiger partial charge on any atom is 0.296 e. The monoisotopic (exact) mass is 354 g/mol. The number of carbonyl (C=O) groups excluding carboxylic acids is 1. The average molecular weight is 355 g/mol. The van der Waals surface area contributed by atoms with Gasteiger partial charge in [0.05, 0.1) is 24.0 Å². The zero-order valence-corrected chi connectivity index (χ0v) is 13.8. The summed E-state index contributed by atoms with van der Waals surface area (Å²) in [6, 6.07) is 6.25. The second-order valence-corrected chi connectivity index (χ2v) is 6.64. The number of nitrogens with zero attached hydrogens (tertiary/aromatic N) is 1. The third-order valence-electron chi connectivity index (χ3n) is 2.90. The predicted octanol–water partition coefficient (Wildman–Crippen LogP) is 1.84. The number of nitrogens with two attached hydrogens (primary N) is 1. The van der Waals surface area contributed by atoms with Gasteiger partial charge in [0.15, 0.2) is 0 Å². The highest BCUT2D eigenvalue weighted by molar-refractivity contribution is 7.90. The van der Waals surface area contributed by atoms with Gasteiger partial charge in [-0.3, -0.25) is 14.5 Å². The van der Waals surface area contributed by atoms with E-state index in [-0.39, 0.29) is 18.0 Å². The van der Waals surface area contributed by atoms with E-state index in [1.54, 1.807) is 24.5 Å². The Hall–Kier alpha value is -2.16. The summed E-state index contributed by atoms with van der Waals surface area (Å²) in [4.78, 5) is 16.0. The van der Waals surface area contributed by atoms with Crippen molar-refractivity contribution in [2.24, 2.45) is 5.14 Å². The van der Waals surface area contributed by atoms with Crippen molar-refractivity contribution in [2.45, 2.75) is 13.3 Å². The summed E-state index contributed by atoms with van der Waals surface area (Å²) in [5, 5.41) is 7.95. The number of benzene rings is 1. The molecular formula is C14H15ClN4O3S. The van der Waals surface area contributed by atoms with E-state index in [1.165, 1.54) is 12.1 Å². The summed E-state index contributed by atoms with van der Waals surface area (Å²) in [5.74, 6) is -0.273. The van der Waals surface area contributed by atoms with Crippen molar-refractivity contribution in [3.63, 3.8) is 0 Å². The van der Waals surface area contributed by atoms with Crippen molar-refractivity contribution in [2.75, 3.05) is 10.0 Å². The molecule has 1 heterocycles. The van der Waals surface area contributed by atoms with Crippen LogP contribution in [0.2, 0.25) is 5.02 Å². The minimum absolute atomic E-state index is 0.0220. The van der Waals surface area contributed by atoms with Gasteiger partial charge in [-0.05, 0) is 42.3 Å². The Morgan fingerprint density at radius 1 is 1.35 bits per heavy atom. The molecule has 7 nitrogen and oxygen atoms in total. The predicted molar refractivity (Wildman–Crippen MR) is 89.5 cm³/mol. The number of pyridine rings is 1. The van der Waals surface area contributed by atoms with Crippen LogP contribution >= 0.6 is 11.6 Å². The van der Waals surface area contributed by atoms with E-state index in [1.807, 2.05) is 6.92 Å². The molecule has 0 saturated heterocycles. The third kappa shape index (κ3) is 5.51. The second kappa shape index (κ2) is 6.95. The fourth-order valence-electron chi connectivity index (χ4n) is 1.95. The Bertz CT molecular complexity index is 840. The first-order chi connectivity index (χ1) is 10.7. The maximum atomic E-state index is 12.1. The van der Waals surface area contributed by atoms with Gasteiger partial charge < -0.3 is 5.32 Å².